The molecule has 0 radical (unpaired) electrons. The van der Waals surface area contributed by atoms with Crippen molar-refractivity contribution in [1.82, 2.24) is 0 Å². The summed E-state index contributed by atoms with van der Waals surface area (Å²) < 4.78 is 10.6. The van der Waals surface area contributed by atoms with Crippen LogP contribution in [0.15, 0.2) is 24.3 Å². The first-order valence-corrected chi connectivity index (χ1v) is 7.14. The van der Waals surface area contributed by atoms with Gasteiger partial charge in [0.05, 0.1) is 0 Å². The molecule has 2 saturated carbocycles. The third-order valence-corrected chi connectivity index (χ3v) is 5.47. The topological polar surface area (TPSA) is 52.6 Å². The zero-order valence-corrected chi connectivity index (χ0v) is 11.8. The Morgan fingerprint density at radius 2 is 2.20 bits per heavy atom. The second-order valence-electron chi connectivity index (χ2n) is 6.56. The first-order chi connectivity index (χ1) is 9.46. The van der Waals surface area contributed by atoms with Crippen molar-refractivity contribution in [3.05, 3.63) is 24.3 Å². The summed E-state index contributed by atoms with van der Waals surface area (Å²) in [5.74, 6) is 0.0922. The van der Waals surface area contributed by atoms with Gasteiger partial charge in [-0.05, 0) is 42.6 Å². The number of hydrogen-bond acceptors (Lipinski definition) is 4. The van der Waals surface area contributed by atoms with E-state index >= 15 is 0 Å². The van der Waals surface area contributed by atoms with Crippen molar-refractivity contribution in [1.29, 1.82) is 0 Å². The molecule has 108 valence electrons. The van der Waals surface area contributed by atoms with Gasteiger partial charge in [0.2, 0.25) is 0 Å². The molecule has 4 heteroatoms. The minimum Gasteiger partial charge on any atom is -0.460 e. The molecule has 0 aromatic heterocycles. The molecule has 1 heterocycles. The highest BCUT2D eigenvalue weighted by Gasteiger charge is 2.54. The predicted molar refractivity (Wildman–Crippen MR) is 72.7 cm³/mol. The molecule has 3 aliphatic rings. The van der Waals surface area contributed by atoms with Gasteiger partial charge in [-0.2, -0.15) is 0 Å². The van der Waals surface area contributed by atoms with E-state index in [1.807, 2.05) is 0 Å². The van der Waals surface area contributed by atoms with Crippen LogP contribution in [0.3, 0.4) is 0 Å². The fraction of sp³-hybridized carbons (Fsp3) is 0.625. The zero-order chi connectivity index (χ0) is 14.5. The van der Waals surface area contributed by atoms with Crippen LogP contribution in [0.5, 0.6) is 0 Å². The van der Waals surface area contributed by atoms with E-state index in [4.69, 9.17) is 9.47 Å². The lowest BCUT2D eigenvalue weighted by Gasteiger charge is -2.51. The maximum absolute atomic E-state index is 11.7. The van der Waals surface area contributed by atoms with Crippen LogP contribution in [0.4, 0.5) is 0 Å². The average Bonchev–Trinajstić information content (AvgIpc) is 2.66. The van der Waals surface area contributed by atoms with Gasteiger partial charge in [0.15, 0.2) is 0 Å². The Morgan fingerprint density at radius 1 is 1.45 bits per heavy atom. The Balaban J connectivity index is 1.86. The second kappa shape index (κ2) is 4.47. The Labute approximate surface area is 118 Å². The molecule has 0 amide bonds. The first-order valence-electron chi connectivity index (χ1n) is 7.14. The quantitative estimate of drug-likeness (QED) is 0.336. The van der Waals surface area contributed by atoms with E-state index in [2.05, 4.69) is 20.1 Å². The molecule has 3 fully saturated rings. The Bertz CT molecular complexity index is 495. The Kier molecular flexibility index (Phi) is 3.00. The van der Waals surface area contributed by atoms with Crippen LogP contribution in [0, 0.1) is 17.3 Å². The number of carbonyl (C=O) groups is 2. The van der Waals surface area contributed by atoms with Gasteiger partial charge in [-0.3, -0.25) is 4.79 Å². The van der Waals surface area contributed by atoms with Gasteiger partial charge in [0.1, 0.15) is 12.2 Å². The summed E-state index contributed by atoms with van der Waals surface area (Å²) in [6.07, 6.45) is 3.21. The van der Waals surface area contributed by atoms with Gasteiger partial charge in [-0.25, -0.2) is 4.79 Å². The van der Waals surface area contributed by atoms with Gasteiger partial charge in [0, 0.05) is 11.5 Å². The van der Waals surface area contributed by atoms with Gasteiger partial charge in [-0.1, -0.05) is 20.1 Å². The van der Waals surface area contributed by atoms with Crippen molar-refractivity contribution in [2.24, 2.45) is 17.3 Å². The molecule has 20 heavy (non-hydrogen) atoms. The summed E-state index contributed by atoms with van der Waals surface area (Å²) in [4.78, 5) is 22.3. The number of rotatable bonds is 2. The van der Waals surface area contributed by atoms with Crippen molar-refractivity contribution in [2.45, 2.75) is 44.8 Å². The molecule has 3 rings (SSSR count). The second-order valence-corrected chi connectivity index (χ2v) is 6.56. The summed E-state index contributed by atoms with van der Waals surface area (Å²) in [5.41, 5.74) is 1.64. The zero-order valence-electron chi connectivity index (χ0n) is 11.8. The maximum atomic E-state index is 11.7. The predicted octanol–water partition coefficient (Wildman–Crippen LogP) is 2.39. The van der Waals surface area contributed by atoms with E-state index in [1.165, 1.54) is 0 Å². The van der Waals surface area contributed by atoms with Gasteiger partial charge in [0.25, 0.3) is 6.47 Å². The van der Waals surface area contributed by atoms with E-state index in [-0.39, 0.29) is 35.4 Å². The molecular formula is C16H20O4. The van der Waals surface area contributed by atoms with Gasteiger partial charge < -0.3 is 9.47 Å². The lowest BCUT2D eigenvalue weighted by molar-refractivity contribution is -0.144. The molecular weight excluding hydrogens is 256 g/mol. The fourth-order valence-electron chi connectivity index (χ4n) is 4.26. The van der Waals surface area contributed by atoms with E-state index in [1.54, 1.807) is 0 Å². The van der Waals surface area contributed by atoms with E-state index < -0.39 is 0 Å². The molecule has 0 N–H and O–H groups in total. The number of ether oxygens (including phenoxy) is 2. The summed E-state index contributed by atoms with van der Waals surface area (Å²) in [5, 5.41) is 0. The van der Waals surface area contributed by atoms with Crippen LogP contribution in [-0.2, 0) is 19.1 Å². The van der Waals surface area contributed by atoms with E-state index in [0.29, 0.717) is 12.0 Å². The minimum absolute atomic E-state index is 0.0346. The summed E-state index contributed by atoms with van der Waals surface area (Å²) >= 11 is 0. The van der Waals surface area contributed by atoms with E-state index in [0.717, 1.165) is 31.3 Å². The SMILES string of the molecule is C=C1C(=O)O[C@@H]2C[C@@]3(C)CC[C@@H](OC=O)C(=C)[C@@H]3C[C@H]12. The number of fused-ring (bicyclic) bond motifs is 2. The minimum atomic E-state index is -0.256. The third kappa shape index (κ3) is 1.81. The number of esters is 1. The highest BCUT2D eigenvalue weighted by Crippen LogP contribution is 2.56. The molecule has 4 nitrogen and oxygen atoms in total. The number of hydrogen-bond donors (Lipinski definition) is 0. The van der Waals surface area contributed by atoms with Crippen molar-refractivity contribution >= 4 is 12.4 Å². The highest BCUT2D eigenvalue weighted by molar-refractivity contribution is 5.90. The Hall–Kier alpha value is -1.58. The van der Waals surface area contributed by atoms with Crippen molar-refractivity contribution in [3.63, 3.8) is 0 Å². The van der Waals surface area contributed by atoms with Gasteiger partial charge >= 0.3 is 5.97 Å². The maximum Gasteiger partial charge on any atom is 0.334 e. The smallest absolute Gasteiger partial charge is 0.334 e. The van der Waals surface area contributed by atoms with Crippen LogP contribution >= 0.6 is 0 Å². The molecule has 1 saturated heterocycles. The third-order valence-electron chi connectivity index (χ3n) is 5.47. The fourth-order valence-corrected chi connectivity index (χ4v) is 4.26. The molecule has 0 spiro atoms. The van der Waals surface area contributed by atoms with Crippen molar-refractivity contribution < 1.29 is 19.1 Å². The monoisotopic (exact) mass is 276 g/mol. The largest absolute Gasteiger partial charge is 0.460 e. The average molecular weight is 276 g/mol. The standard InChI is InChI=1S/C16H20O4/c1-9-11-6-12-10(2)13(19-8-17)4-5-16(12,3)7-14(11)20-15(9)18/h8,11-14H,1-2,4-7H2,3H3/t11-,12+,13-,14-,16-/m1/s1. The van der Waals surface area contributed by atoms with Crippen molar-refractivity contribution in [3.8, 4) is 0 Å². The lowest BCUT2D eigenvalue weighted by atomic mass is 9.55. The molecule has 1 aliphatic heterocycles. The Morgan fingerprint density at radius 3 is 2.90 bits per heavy atom. The van der Waals surface area contributed by atoms with Crippen LogP contribution in [0.1, 0.15) is 32.6 Å². The summed E-state index contributed by atoms with van der Waals surface area (Å²) in [6.45, 7) is 10.8. The van der Waals surface area contributed by atoms with Crippen LogP contribution in [0.2, 0.25) is 0 Å². The van der Waals surface area contributed by atoms with E-state index in [9.17, 15) is 9.59 Å². The first kappa shape index (κ1) is 13.4. The molecule has 5 atom stereocenters. The summed E-state index contributed by atoms with van der Waals surface area (Å²) in [6, 6.07) is 0. The molecule has 0 unspecified atom stereocenters. The highest BCUT2D eigenvalue weighted by atomic mass is 16.6. The number of carbonyl (C=O) groups excluding carboxylic acids is 2. The van der Waals surface area contributed by atoms with Crippen molar-refractivity contribution in [2.75, 3.05) is 0 Å². The molecule has 2 aliphatic carbocycles. The van der Waals surface area contributed by atoms with Crippen LogP contribution in [-0.4, -0.2) is 24.6 Å². The normalized spacial score (nSPS) is 43.5. The lowest BCUT2D eigenvalue weighted by Crippen LogP contribution is -2.47. The van der Waals surface area contributed by atoms with Gasteiger partial charge in [-0.15, -0.1) is 0 Å². The van der Waals surface area contributed by atoms with Crippen LogP contribution in [0.25, 0.3) is 0 Å². The molecule has 0 aromatic rings. The summed E-state index contributed by atoms with van der Waals surface area (Å²) in [7, 11) is 0. The van der Waals surface area contributed by atoms with Crippen LogP contribution < -0.4 is 0 Å². The molecule has 0 bridgehead atoms. The molecule has 0 aromatic carbocycles.